The van der Waals surface area contributed by atoms with Gasteiger partial charge in [0.2, 0.25) is 0 Å². The number of pyridine rings is 1. The lowest BCUT2D eigenvalue weighted by Gasteiger charge is -2.33. The summed E-state index contributed by atoms with van der Waals surface area (Å²) in [6, 6.07) is 74.5. The molecule has 3 aromatic heterocycles. The quantitative estimate of drug-likeness (QED) is 0.165. The zero-order valence-electron chi connectivity index (χ0n) is 31.9. The Morgan fingerprint density at radius 3 is 1.69 bits per heavy atom. The van der Waals surface area contributed by atoms with Crippen LogP contribution in [0.2, 0.25) is 0 Å². The number of fused-ring (bicyclic) bond motifs is 11. The van der Waals surface area contributed by atoms with E-state index in [2.05, 4.69) is 187 Å². The Hall–Kier alpha value is -7.75. The minimum atomic E-state index is -0.463. The van der Waals surface area contributed by atoms with Crippen LogP contribution in [0.5, 0.6) is 0 Å². The molecular weight excluding hydrogens is 717 g/mol. The van der Waals surface area contributed by atoms with Gasteiger partial charge in [-0.15, -0.1) is 0 Å². The minimum Gasteiger partial charge on any atom is -0.309 e. The van der Waals surface area contributed by atoms with E-state index in [1.54, 1.807) is 0 Å². The molecule has 3 nitrogen and oxygen atoms in total. The fraction of sp³-hybridized carbons (Fsp3) is 0.0179. The first-order chi connectivity index (χ1) is 29.2. The Labute approximate surface area is 339 Å². The number of rotatable bonds is 4. The molecule has 0 radical (unpaired) electrons. The SMILES string of the molecule is O=c1c2ccc(-c3ccc(-n4c5ccccc5c5cc6c(cc54)-c4ccccc4C6(c4ccccc4)c4ccccc4)cc3)cc2c2cccc3c4ccccc4n1c23. The Morgan fingerprint density at radius 1 is 0.356 bits per heavy atom. The fourth-order valence-electron chi connectivity index (χ4n) is 10.7. The second-order valence-corrected chi connectivity index (χ2v) is 16.0. The van der Waals surface area contributed by atoms with Gasteiger partial charge in [0.15, 0.2) is 0 Å². The molecule has 0 spiro atoms. The molecule has 9 aromatic carbocycles. The molecule has 13 rings (SSSR count). The fourth-order valence-corrected chi connectivity index (χ4v) is 10.7. The van der Waals surface area contributed by atoms with E-state index in [9.17, 15) is 4.79 Å². The van der Waals surface area contributed by atoms with Crippen molar-refractivity contribution in [2.75, 3.05) is 0 Å². The predicted octanol–water partition coefficient (Wildman–Crippen LogP) is 13.3. The summed E-state index contributed by atoms with van der Waals surface area (Å²) in [5, 5.41) is 7.48. The first-order valence-electron chi connectivity index (χ1n) is 20.3. The summed E-state index contributed by atoms with van der Waals surface area (Å²) in [4.78, 5) is 14.1. The molecule has 3 heteroatoms. The third-order valence-corrected chi connectivity index (χ3v) is 13.1. The van der Waals surface area contributed by atoms with Crippen molar-refractivity contribution in [3.63, 3.8) is 0 Å². The summed E-state index contributed by atoms with van der Waals surface area (Å²) in [6.45, 7) is 0. The molecular formula is C56H34N2O. The molecule has 0 fully saturated rings. The van der Waals surface area contributed by atoms with Crippen molar-refractivity contribution in [3.05, 3.63) is 239 Å². The Kier molecular flexibility index (Phi) is 6.52. The van der Waals surface area contributed by atoms with Crippen LogP contribution in [0, 0.1) is 0 Å². The van der Waals surface area contributed by atoms with E-state index in [-0.39, 0.29) is 5.56 Å². The molecule has 0 bridgehead atoms. The zero-order chi connectivity index (χ0) is 38.8. The van der Waals surface area contributed by atoms with Crippen molar-refractivity contribution in [2.45, 2.75) is 5.41 Å². The van der Waals surface area contributed by atoms with E-state index in [4.69, 9.17) is 0 Å². The summed E-state index contributed by atoms with van der Waals surface area (Å²) >= 11 is 0. The number of nitrogens with zero attached hydrogens (tertiary/aromatic N) is 2. The highest BCUT2D eigenvalue weighted by Gasteiger charge is 2.46. The topological polar surface area (TPSA) is 26.4 Å². The molecule has 0 aliphatic heterocycles. The van der Waals surface area contributed by atoms with Gasteiger partial charge in [-0.1, -0.05) is 158 Å². The van der Waals surface area contributed by atoms with Crippen molar-refractivity contribution in [1.82, 2.24) is 8.97 Å². The molecule has 59 heavy (non-hydrogen) atoms. The van der Waals surface area contributed by atoms with E-state index in [1.807, 2.05) is 28.7 Å². The third kappa shape index (κ3) is 4.23. The van der Waals surface area contributed by atoms with E-state index >= 15 is 0 Å². The van der Waals surface area contributed by atoms with Crippen molar-refractivity contribution in [3.8, 4) is 27.9 Å². The molecule has 3 heterocycles. The van der Waals surface area contributed by atoms with Crippen molar-refractivity contribution in [2.24, 2.45) is 0 Å². The van der Waals surface area contributed by atoms with Gasteiger partial charge < -0.3 is 4.57 Å². The number of aromatic nitrogens is 2. The van der Waals surface area contributed by atoms with Crippen molar-refractivity contribution >= 4 is 59.8 Å². The molecule has 274 valence electrons. The van der Waals surface area contributed by atoms with Crippen LogP contribution >= 0.6 is 0 Å². The second-order valence-electron chi connectivity index (χ2n) is 16.0. The highest BCUT2D eigenvalue weighted by atomic mass is 16.1. The van der Waals surface area contributed by atoms with Crippen molar-refractivity contribution in [1.29, 1.82) is 0 Å². The number of para-hydroxylation sites is 3. The smallest absolute Gasteiger partial charge is 0.263 e. The molecule has 1 aliphatic rings. The molecule has 0 saturated heterocycles. The van der Waals surface area contributed by atoms with Crippen LogP contribution in [-0.4, -0.2) is 8.97 Å². The van der Waals surface area contributed by atoms with Gasteiger partial charge in [-0.25, -0.2) is 0 Å². The molecule has 0 atom stereocenters. The van der Waals surface area contributed by atoms with Crippen molar-refractivity contribution < 1.29 is 0 Å². The van der Waals surface area contributed by atoms with E-state index in [1.165, 1.54) is 55.2 Å². The highest BCUT2D eigenvalue weighted by Crippen LogP contribution is 2.57. The maximum Gasteiger partial charge on any atom is 0.263 e. The number of hydrogen-bond donors (Lipinski definition) is 0. The maximum absolute atomic E-state index is 14.1. The van der Waals surface area contributed by atoms with Crippen LogP contribution in [0.4, 0.5) is 0 Å². The Morgan fingerprint density at radius 2 is 0.949 bits per heavy atom. The Balaban J connectivity index is 1.00. The first-order valence-corrected chi connectivity index (χ1v) is 20.3. The van der Waals surface area contributed by atoms with E-state index < -0.39 is 5.41 Å². The molecule has 12 aromatic rings. The van der Waals surface area contributed by atoms with Gasteiger partial charge in [-0.2, -0.15) is 0 Å². The normalized spacial score (nSPS) is 13.3. The van der Waals surface area contributed by atoms with Crippen LogP contribution in [0.3, 0.4) is 0 Å². The van der Waals surface area contributed by atoms with Gasteiger partial charge in [0.1, 0.15) is 0 Å². The van der Waals surface area contributed by atoms with Gasteiger partial charge in [-0.3, -0.25) is 9.20 Å². The lowest BCUT2D eigenvalue weighted by molar-refractivity contribution is 0.769. The highest BCUT2D eigenvalue weighted by molar-refractivity contribution is 6.20. The first kappa shape index (κ1) is 32.3. The summed E-state index contributed by atoms with van der Waals surface area (Å²) in [5.74, 6) is 0. The maximum atomic E-state index is 14.1. The van der Waals surface area contributed by atoms with Crippen LogP contribution in [-0.2, 0) is 5.41 Å². The average Bonchev–Trinajstić information content (AvgIpc) is 3.92. The molecule has 0 unspecified atom stereocenters. The molecule has 0 amide bonds. The third-order valence-electron chi connectivity index (χ3n) is 13.1. The predicted molar refractivity (Wildman–Crippen MR) is 244 cm³/mol. The summed E-state index contributed by atoms with van der Waals surface area (Å²) in [6.07, 6.45) is 0. The van der Waals surface area contributed by atoms with Gasteiger partial charge >= 0.3 is 0 Å². The van der Waals surface area contributed by atoms with Crippen LogP contribution < -0.4 is 5.56 Å². The lowest BCUT2D eigenvalue weighted by Crippen LogP contribution is -2.28. The van der Waals surface area contributed by atoms with Gasteiger partial charge in [0, 0.05) is 38.0 Å². The van der Waals surface area contributed by atoms with Gasteiger partial charge in [0.05, 0.1) is 27.5 Å². The lowest BCUT2D eigenvalue weighted by atomic mass is 9.67. The van der Waals surface area contributed by atoms with Gasteiger partial charge in [-0.05, 0) is 98.4 Å². The number of hydrogen-bond acceptors (Lipinski definition) is 1. The summed E-state index contributed by atoms with van der Waals surface area (Å²) in [5.41, 5.74) is 14.8. The van der Waals surface area contributed by atoms with E-state index in [0.717, 1.165) is 54.8 Å². The molecule has 0 N–H and O–H groups in total. The summed E-state index contributed by atoms with van der Waals surface area (Å²) in [7, 11) is 0. The Bertz CT molecular complexity index is 3690. The van der Waals surface area contributed by atoms with Crippen LogP contribution in [0.1, 0.15) is 22.3 Å². The van der Waals surface area contributed by atoms with Gasteiger partial charge in [0.25, 0.3) is 5.56 Å². The minimum absolute atomic E-state index is 0.0250. The zero-order valence-corrected chi connectivity index (χ0v) is 31.9. The number of benzene rings is 9. The molecule has 0 saturated carbocycles. The second kappa shape index (κ2) is 11.9. The van der Waals surface area contributed by atoms with Crippen LogP contribution in [0.25, 0.3) is 87.7 Å². The monoisotopic (exact) mass is 750 g/mol. The summed E-state index contributed by atoms with van der Waals surface area (Å²) < 4.78 is 4.33. The molecule has 1 aliphatic carbocycles. The largest absolute Gasteiger partial charge is 0.309 e. The standard InChI is InChI=1S/C56H34N2O/c59-55-45-31-28-36(32-46(45)44-22-13-21-43-41-19-8-12-25-52(41)58(55)54(43)44)35-26-29-39(30-27-35)57-51-24-11-9-20-42(51)48-33-50-47(34-53(48)57)40-18-7-10-23-49(40)56(50,37-14-3-1-4-15-37)38-16-5-2-6-17-38/h1-34H. The van der Waals surface area contributed by atoms with E-state index in [0.29, 0.717) is 0 Å². The van der Waals surface area contributed by atoms with Crippen LogP contribution in [0.15, 0.2) is 211 Å². The average molecular weight is 751 g/mol.